The molecular weight excluding hydrogens is 164 g/mol. The molecule has 0 aliphatic carbocycles. The van der Waals surface area contributed by atoms with Gasteiger partial charge < -0.3 is 9.47 Å². The number of para-hydroxylation sites is 1. The zero-order valence-corrected chi connectivity index (χ0v) is 6.60. The Morgan fingerprint density at radius 2 is 2.27 bits per heavy atom. The molecule has 1 aromatic carbocycles. The number of benzene rings is 1. The van der Waals surface area contributed by atoms with Crippen molar-refractivity contribution < 1.29 is 9.47 Å². The third-order valence-electron chi connectivity index (χ3n) is 1.62. The van der Waals surface area contributed by atoms with Gasteiger partial charge in [-0.25, -0.2) is 0 Å². The number of alkyl halides is 1. The summed E-state index contributed by atoms with van der Waals surface area (Å²) in [6.45, 7) is 0.309. The van der Waals surface area contributed by atoms with Crippen molar-refractivity contribution in [2.75, 3.05) is 6.79 Å². The van der Waals surface area contributed by atoms with Crippen LogP contribution in [0, 0.1) is 0 Å². The Balaban J connectivity index is 2.50. The van der Waals surface area contributed by atoms with Crippen LogP contribution in [0.3, 0.4) is 0 Å². The Bertz CT molecular complexity index is 273. The van der Waals surface area contributed by atoms with Crippen molar-refractivity contribution in [1.29, 1.82) is 0 Å². The summed E-state index contributed by atoms with van der Waals surface area (Å²) in [5, 5.41) is 0. The Morgan fingerprint density at radius 1 is 1.36 bits per heavy atom. The standard InChI is InChI=1S/C8H7ClO2/c9-4-6-2-1-3-7-8(6)11-5-10-7/h1-3H,4-5H2. The maximum Gasteiger partial charge on any atom is 0.231 e. The molecule has 1 heterocycles. The maximum atomic E-state index is 5.68. The number of halogens is 1. The van der Waals surface area contributed by atoms with Crippen LogP contribution in [-0.4, -0.2) is 6.79 Å². The molecule has 0 radical (unpaired) electrons. The van der Waals surface area contributed by atoms with Gasteiger partial charge in [0, 0.05) is 5.56 Å². The fourth-order valence-electron chi connectivity index (χ4n) is 1.10. The van der Waals surface area contributed by atoms with Gasteiger partial charge in [0.05, 0.1) is 5.88 Å². The van der Waals surface area contributed by atoms with E-state index < -0.39 is 0 Å². The highest BCUT2D eigenvalue weighted by atomic mass is 35.5. The van der Waals surface area contributed by atoms with Gasteiger partial charge in [-0.1, -0.05) is 12.1 Å². The fourth-order valence-corrected chi connectivity index (χ4v) is 1.31. The van der Waals surface area contributed by atoms with Crippen LogP contribution in [0.1, 0.15) is 5.56 Å². The lowest BCUT2D eigenvalue weighted by molar-refractivity contribution is 0.173. The van der Waals surface area contributed by atoms with Crippen LogP contribution in [0.2, 0.25) is 0 Å². The lowest BCUT2D eigenvalue weighted by Gasteiger charge is -1.99. The maximum absolute atomic E-state index is 5.68. The molecule has 0 saturated heterocycles. The highest BCUT2D eigenvalue weighted by molar-refractivity contribution is 6.17. The van der Waals surface area contributed by atoms with Gasteiger partial charge in [-0.2, -0.15) is 0 Å². The van der Waals surface area contributed by atoms with E-state index >= 15 is 0 Å². The van der Waals surface area contributed by atoms with Gasteiger partial charge in [0.25, 0.3) is 0 Å². The van der Waals surface area contributed by atoms with Gasteiger partial charge in [-0.05, 0) is 6.07 Å². The van der Waals surface area contributed by atoms with Crippen LogP contribution >= 0.6 is 11.6 Å². The number of hydrogen-bond acceptors (Lipinski definition) is 2. The molecular formula is C8H7ClO2. The molecule has 0 saturated carbocycles. The summed E-state index contributed by atoms with van der Waals surface area (Å²) in [4.78, 5) is 0. The molecule has 2 nitrogen and oxygen atoms in total. The molecule has 0 bridgehead atoms. The third-order valence-corrected chi connectivity index (χ3v) is 1.91. The van der Waals surface area contributed by atoms with Crippen molar-refractivity contribution in [3.63, 3.8) is 0 Å². The predicted octanol–water partition coefficient (Wildman–Crippen LogP) is 2.15. The van der Waals surface area contributed by atoms with Crippen LogP contribution in [0.15, 0.2) is 18.2 Å². The average Bonchev–Trinajstić information content (AvgIpc) is 2.50. The largest absolute Gasteiger partial charge is 0.454 e. The van der Waals surface area contributed by atoms with Gasteiger partial charge >= 0.3 is 0 Å². The second-order valence-corrected chi connectivity index (χ2v) is 2.55. The molecule has 11 heavy (non-hydrogen) atoms. The van der Waals surface area contributed by atoms with E-state index in [9.17, 15) is 0 Å². The summed E-state index contributed by atoms with van der Waals surface area (Å²) in [5.41, 5.74) is 0.988. The molecule has 58 valence electrons. The average molecular weight is 171 g/mol. The molecule has 3 heteroatoms. The quantitative estimate of drug-likeness (QED) is 0.602. The molecule has 1 aliphatic heterocycles. The highest BCUT2D eigenvalue weighted by Gasteiger charge is 2.15. The van der Waals surface area contributed by atoms with Crippen molar-refractivity contribution >= 4 is 11.6 Å². The van der Waals surface area contributed by atoms with Crippen LogP contribution in [-0.2, 0) is 5.88 Å². The molecule has 1 aliphatic rings. The molecule has 2 rings (SSSR count). The van der Waals surface area contributed by atoms with E-state index in [0.29, 0.717) is 12.7 Å². The highest BCUT2D eigenvalue weighted by Crippen LogP contribution is 2.35. The second-order valence-electron chi connectivity index (χ2n) is 2.28. The summed E-state index contributed by atoms with van der Waals surface area (Å²) < 4.78 is 10.4. The minimum atomic E-state index is 0.309. The first-order valence-electron chi connectivity index (χ1n) is 3.35. The topological polar surface area (TPSA) is 18.5 Å². The number of hydrogen-bond donors (Lipinski definition) is 0. The molecule has 0 spiro atoms. The molecule has 0 fully saturated rings. The van der Waals surface area contributed by atoms with E-state index in [2.05, 4.69) is 0 Å². The molecule has 0 amide bonds. The van der Waals surface area contributed by atoms with Crippen molar-refractivity contribution in [2.24, 2.45) is 0 Å². The van der Waals surface area contributed by atoms with E-state index in [0.717, 1.165) is 17.1 Å². The zero-order valence-electron chi connectivity index (χ0n) is 5.84. The number of fused-ring (bicyclic) bond motifs is 1. The van der Waals surface area contributed by atoms with Gasteiger partial charge in [0.1, 0.15) is 0 Å². The lowest BCUT2D eigenvalue weighted by atomic mass is 10.2. The Morgan fingerprint density at radius 3 is 3.09 bits per heavy atom. The second kappa shape index (κ2) is 2.62. The van der Waals surface area contributed by atoms with Crippen molar-refractivity contribution in [1.82, 2.24) is 0 Å². The predicted molar refractivity (Wildman–Crippen MR) is 42.1 cm³/mol. The first-order chi connectivity index (χ1) is 5.42. The minimum absolute atomic E-state index is 0.309. The summed E-state index contributed by atoms with van der Waals surface area (Å²) in [5.74, 6) is 2.05. The first-order valence-corrected chi connectivity index (χ1v) is 3.88. The summed E-state index contributed by atoms with van der Waals surface area (Å²) in [7, 11) is 0. The monoisotopic (exact) mass is 170 g/mol. The van der Waals surface area contributed by atoms with E-state index in [4.69, 9.17) is 21.1 Å². The van der Waals surface area contributed by atoms with E-state index in [1.165, 1.54) is 0 Å². The summed E-state index contributed by atoms with van der Waals surface area (Å²) in [6, 6.07) is 5.71. The van der Waals surface area contributed by atoms with Crippen molar-refractivity contribution in [3.05, 3.63) is 23.8 Å². The summed E-state index contributed by atoms with van der Waals surface area (Å²) >= 11 is 5.68. The lowest BCUT2D eigenvalue weighted by Crippen LogP contribution is -1.93. The summed E-state index contributed by atoms with van der Waals surface area (Å²) in [6.07, 6.45) is 0. The van der Waals surface area contributed by atoms with E-state index in [1.807, 2.05) is 18.2 Å². The van der Waals surface area contributed by atoms with E-state index in [-0.39, 0.29) is 0 Å². The Hall–Kier alpha value is -0.890. The first kappa shape index (κ1) is 6.80. The minimum Gasteiger partial charge on any atom is -0.454 e. The third kappa shape index (κ3) is 1.03. The molecule has 1 aromatic rings. The molecule has 0 atom stereocenters. The Labute approximate surface area is 69.7 Å². The van der Waals surface area contributed by atoms with E-state index in [1.54, 1.807) is 0 Å². The number of ether oxygens (including phenoxy) is 2. The van der Waals surface area contributed by atoms with Crippen LogP contribution in [0.5, 0.6) is 11.5 Å². The molecule has 0 unspecified atom stereocenters. The smallest absolute Gasteiger partial charge is 0.231 e. The Kier molecular flexibility index (Phi) is 1.62. The zero-order chi connectivity index (χ0) is 7.68. The number of rotatable bonds is 1. The van der Waals surface area contributed by atoms with Crippen molar-refractivity contribution in [3.8, 4) is 11.5 Å². The van der Waals surface area contributed by atoms with Crippen LogP contribution < -0.4 is 9.47 Å². The van der Waals surface area contributed by atoms with Crippen LogP contribution in [0.4, 0.5) is 0 Å². The van der Waals surface area contributed by atoms with Gasteiger partial charge in [-0.15, -0.1) is 11.6 Å². The fraction of sp³-hybridized carbons (Fsp3) is 0.250. The van der Waals surface area contributed by atoms with Crippen molar-refractivity contribution in [2.45, 2.75) is 5.88 Å². The van der Waals surface area contributed by atoms with Gasteiger partial charge in [0.15, 0.2) is 11.5 Å². The SMILES string of the molecule is ClCc1cccc2c1OCO2. The van der Waals surface area contributed by atoms with Gasteiger partial charge in [-0.3, -0.25) is 0 Å². The van der Waals surface area contributed by atoms with Crippen LogP contribution in [0.25, 0.3) is 0 Å². The molecule has 0 aromatic heterocycles. The normalized spacial score (nSPS) is 13.5. The molecule has 0 N–H and O–H groups in total. The van der Waals surface area contributed by atoms with Gasteiger partial charge in [0.2, 0.25) is 6.79 Å².